The molecule has 3 heterocycles. The Morgan fingerprint density at radius 3 is 2.43 bits per heavy atom. The minimum Gasteiger partial charge on any atom is -0.483 e. The summed E-state index contributed by atoms with van der Waals surface area (Å²) < 4.78 is 8.42. The van der Waals surface area contributed by atoms with Crippen LogP contribution in [0.2, 0.25) is 0 Å². The monoisotopic (exact) mass is 479 g/mol. The molecule has 1 aromatic heterocycles. The van der Waals surface area contributed by atoms with Gasteiger partial charge in [0.2, 0.25) is 0 Å². The molecule has 1 aromatic carbocycles. The highest BCUT2D eigenvalue weighted by Crippen LogP contribution is 2.42. The minimum absolute atomic E-state index is 0.0258. The number of nitrogens with zero attached hydrogens (tertiary/aromatic N) is 5. The van der Waals surface area contributed by atoms with Gasteiger partial charge < -0.3 is 19.0 Å². The van der Waals surface area contributed by atoms with E-state index in [1.165, 1.54) is 11.3 Å². The van der Waals surface area contributed by atoms with Crippen molar-refractivity contribution in [2.24, 2.45) is 18.1 Å². The molecule has 0 unspecified atom stereocenters. The third-order valence-corrected chi connectivity index (χ3v) is 8.47. The van der Waals surface area contributed by atoms with E-state index in [9.17, 15) is 0 Å². The Kier molecular flexibility index (Phi) is 6.88. The van der Waals surface area contributed by atoms with Crippen molar-refractivity contribution in [1.29, 1.82) is 0 Å². The van der Waals surface area contributed by atoms with E-state index in [4.69, 9.17) is 9.57 Å². The summed E-state index contributed by atoms with van der Waals surface area (Å²) >= 11 is 0. The molecule has 2 fully saturated rings. The lowest BCUT2D eigenvalue weighted by Gasteiger charge is -2.35. The first kappa shape index (κ1) is 24.3. The summed E-state index contributed by atoms with van der Waals surface area (Å²) in [5.41, 5.74) is 2.56. The first-order chi connectivity index (χ1) is 16.8. The first-order valence-corrected chi connectivity index (χ1v) is 13.4. The van der Waals surface area contributed by atoms with E-state index < -0.39 is 0 Å². The second-order valence-electron chi connectivity index (χ2n) is 11.3. The molecule has 2 aliphatic heterocycles. The molecule has 7 heteroatoms. The Morgan fingerprint density at radius 1 is 1.00 bits per heavy atom. The fourth-order valence-corrected chi connectivity index (χ4v) is 6.02. The quantitative estimate of drug-likeness (QED) is 0.540. The van der Waals surface area contributed by atoms with Crippen LogP contribution in [0.25, 0.3) is 0 Å². The Labute approximate surface area is 209 Å². The molecule has 1 aliphatic carbocycles. The molecule has 5 rings (SSSR count). The van der Waals surface area contributed by atoms with Crippen molar-refractivity contribution >= 4 is 5.71 Å². The van der Waals surface area contributed by atoms with Crippen LogP contribution in [0.4, 0.5) is 0 Å². The van der Waals surface area contributed by atoms with Crippen LogP contribution in [0.1, 0.15) is 101 Å². The summed E-state index contributed by atoms with van der Waals surface area (Å²) in [6, 6.07) is 8.36. The van der Waals surface area contributed by atoms with Gasteiger partial charge in [-0.15, -0.1) is 10.2 Å². The number of oxime groups is 1. The molecule has 190 valence electrons. The van der Waals surface area contributed by atoms with Crippen molar-refractivity contribution < 1.29 is 9.57 Å². The Morgan fingerprint density at radius 2 is 1.71 bits per heavy atom. The number of benzene rings is 1. The van der Waals surface area contributed by atoms with Crippen LogP contribution >= 0.6 is 0 Å². The van der Waals surface area contributed by atoms with Crippen LogP contribution < -0.4 is 4.74 Å². The number of hydrogen-bond acceptors (Lipinski definition) is 6. The summed E-state index contributed by atoms with van der Waals surface area (Å²) in [6.45, 7) is 8.67. The number of rotatable bonds is 6. The van der Waals surface area contributed by atoms with Gasteiger partial charge in [0.1, 0.15) is 17.2 Å². The normalized spacial score (nSPS) is 25.5. The average Bonchev–Trinajstić information content (AvgIpc) is 3.45. The Balaban J connectivity index is 1.18. The smallest absolute Gasteiger partial charge is 0.173 e. The van der Waals surface area contributed by atoms with Crippen LogP contribution in [-0.4, -0.2) is 51.1 Å². The first-order valence-electron chi connectivity index (χ1n) is 13.4. The molecule has 1 atom stereocenters. The summed E-state index contributed by atoms with van der Waals surface area (Å²) in [5.74, 6) is 4.32. The van der Waals surface area contributed by atoms with Gasteiger partial charge in [-0.3, -0.25) is 0 Å². The SMILES string of the molecule is CC(C)c1cccc(O[C@H](C)c2nnc([C@H]3CC[C@H](C4=NOC5(CCN(C)CC5)C4)CC3)n2C)c1. The van der Waals surface area contributed by atoms with Gasteiger partial charge in [0.25, 0.3) is 0 Å². The van der Waals surface area contributed by atoms with Gasteiger partial charge in [0.05, 0.1) is 5.71 Å². The zero-order chi connectivity index (χ0) is 24.6. The maximum Gasteiger partial charge on any atom is 0.173 e. The van der Waals surface area contributed by atoms with Crippen LogP contribution in [-0.2, 0) is 11.9 Å². The molecule has 0 radical (unpaired) electrons. The van der Waals surface area contributed by atoms with Crippen molar-refractivity contribution in [3.8, 4) is 5.75 Å². The molecule has 1 saturated heterocycles. The summed E-state index contributed by atoms with van der Waals surface area (Å²) in [5, 5.41) is 13.8. The van der Waals surface area contributed by atoms with Crippen molar-refractivity contribution in [1.82, 2.24) is 19.7 Å². The molecular weight excluding hydrogens is 438 g/mol. The van der Waals surface area contributed by atoms with Gasteiger partial charge in [-0.2, -0.15) is 0 Å². The predicted octanol–water partition coefficient (Wildman–Crippen LogP) is 5.59. The zero-order valence-corrected chi connectivity index (χ0v) is 22.0. The number of aromatic nitrogens is 3. The van der Waals surface area contributed by atoms with Crippen molar-refractivity contribution in [3.63, 3.8) is 0 Å². The summed E-state index contributed by atoms with van der Waals surface area (Å²) in [7, 11) is 4.28. The van der Waals surface area contributed by atoms with Crippen molar-refractivity contribution in [3.05, 3.63) is 41.5 Å². The second kappa shape index (κ2) is 9.92. The molecule has 0 N–H and O–H groups in total. The standard InChI is InChI=1S/C28H41N5O2/c1-19(2)23-7-6-8-24(17-23)34-20(3)26-29-30-27(33(26)5)22-11-9-21(10-12-22)25-18-28(35-31-25)13-15-32(4)16-14-28/h6-8,17,19-22H,9-16,18H2,1-5H3/t20-,21-,22-/m1/s1. The lowest BCUT2D eigenvalue weighted by Crippen LogP contribution is -2.43. The molecule has 3 aliphatic rings. The topological polar surface area (TPSA) is 64.8 Å². The number of ether oxygens (including phenoxy) is 1. The highest BCUT2D eigenvalue weighted by atomic mass is 16.7. The predicted molar refractivity (Wildman–Crippen MR) is 138 cm³/mol. The van der Waals surface area contributed by atoms with E-state index in [1.54, 1.807) is 0 Å². The maximum atomic E-state index is 6.26. The van der Waals surface area contributed by atoms with E-state index in [1.807, 2.05) is 6.07 Å². The molecule has 1 saturated carbocycles. The van der Waals surface area contributed by atoms with E-state index >= 15 is 0 Å². The van der Waals surface area contributed by atoms with Gasteiger partial charge in [0, 0.05) is 51.2 Å². The lowest BCUT2D eigenvalue weighted by molar-refractivity contribution is -0.0578. The fourth-order valence-electron chi connectivity index (χ4n) is 6.02. The molecule has 2 aromatic rings. The van der Waals surface area contributed by atoms with Gasteiger partial charge >= 0.3 is 0 Å². The molecule has 7 nitrogen and oxygen atoms in total. The van der Waals surface area contributed by atoms with E-state index in [2.05, 4.69) is 77.9 Å². The average molecular weight is 480 g/mol. The number of hydrogen-bond donors (Lipinski definition) is 0. The maximum absolute atomic E-state index is 6.26. The third kappa shape index (κ3) is 5.11. The van der Waals surface area contributed by atoms with E-state index in [0.717, 1.165) is 75.4 Å². The largest absolute Gasteiger partial charge is 0.483 e. The second-order valence-corrected chi connectivity index (χ2v) is 11.3. The van der Waals surface area contributed by atoms with Crippen LogP contribution in [0, 0.1) is 5.92 Å². The highest BCUT2D eigenvalue weighted by molar-refractivity contribution is 5.88. The third-order valence-electron chi connectivity index (χ3n) is 8.47. The van der Waals surface area contributed by atoms with Crippen molar-refractivity contribution in [2.45, 2.75) is 89.3 Å². The van der Waals surface area contributed by atoms with Crippen molar-refractivity contribution in [2.75, 3.05) is 20.1 Å². The fraction of sp³-hybridized carbons (Fsp3) is 0.679. The van der Waals surface area contributed by atoms with Gasteiger partial charge in [-0.05, 0) is 63.3 Å². The minimum atomic E-state index is -0.157. The zero-order valence-electron chi connectivity index (χ0n) is 22.0. The highest BCUT2D eigenvalue weighted by Gasteiger charge is 2.43. The molecule has 0 bridgehead atoms. The van der Waals surface area contributed by atoms with E-state index in [-0.39, 0.29) is 11.7 Å². The van der Waals surface area contributed by atoms with Gasteiger partial charge in [-0.1, -0.05) is 31.1 Å². The van der Waals surface area contributed by atoms with Crippen LogP contribution in [0.5, 0.6) is 5.75 Å². The van der Waals surface area contributed by atoms with Crippen LogP contribution in [0.15, 0.2) is 29.4 Å². The summed E-state index contributed by atoms with van der Waals surface area (Å²) in [6.07, 6.45) is 7.60. The molecule has 0 amide bonds. The molecule has 35 heavy (non-hydrogen) atoms. The van der Waals surface area contributed by atoms with Crippen LogP contribution in [0.3, 0.4) is 0 Å². The summed E-state index contributed by atoms with van der Waals surface area (Å²) in [4.78, 5) is 8.44. The van der Waals surface area contributed by atoms with E-state index in [0.29, 0.717) is 17.8 Å². The molecule has 1 spiro atoms. The lowest BCUT2D eigenvalue weighted by atomic mass is 9.76. The molecular formula is C28H41N5O2. The number of piperidine rings is 1. The number of likely N-dealkylation sites (tertiary alicyclic amines) is 1. The Hall–Kier alpha value is -2.41. The van der Waals surface area contributed by atoms with Gasteiger partial charge in [-0.25, -0.2) is 0 Å². The van der Waals surface area contributed by atoms with Gasteiger partial charge in [0.15, 0.2) is 11.9 Å². The Bertz CT molecular complexity index is 1050.